The van der Waals surface area contributed by atoms with Crippen molar-refractivity contribution in [3.05, 3.63) is 103 Å². The van der Waals surface area contributed by atoms with Gasteiger partial charge < -0.3 is 9.84 Å². The molecule has 4 aliphatic rings. The van der Waals surface area contributed by atoms with E-state index >= 15 is 9.59 Å². The van der Waals surface area contributed by atoms with Crippen LogP contribution < -0.4 is 14.5 Å². The number of carbonyl (C=O) groups is 4. The number of thiophene rings is 1. The van der Waals surface area contributed by atoms with Crippen molar-refractivity contribution in [1.29, 1.82) is 0 Å². The zero-order chi connectivity index (χ0) is 40.4. The lowest BCUT2D eigenvalue weighted by atomic mass is 9.51. The number of aromatic nitrogens is 2. The first-order valence-electron chi connectivity index (χ1n) is 18.4. The van der Waals surface area contributed by atoms with Gasteiger partial charge in [0.15, 0.2) is 11.5 Å². The van der Waals surface area contributed by atoms with Crippen LogP contribution in [0.25, 0.3) is 26.7 Å². The smallest absolute Gasteiger partial charge is 0.242 e. The summed E-state index contributed by atoms with van der Waals surface area (Å²) in [7, 11) is 3.15. The number of phenolic OH excluding ortho intramolecular Hbond substituents is 1. The number of aromatic hydroxyl groups is 1. The van der Waals surface area contributed by atoms with Gasteiger partial charge in [0, 0.05) is 33.2 Å². The molecular weight excluding hydrogens is 896 g/mol. The third kappa shape index (κ3) is 5.34. The molecule has 2 aliphatic heterocycles. The molecule has 290 valence electrons. The van der Waals surface area contributed by atoms with Crippen LogP contribution in [0.2, 0.25) is 5.02 Å². The molecule has 1 N–H and O–H groups in total. The van der Waals surface area contributed by atoms with Crippen molar-refractivity contribution < 1.29 is 29.0 Å². The predicted molar refractivity (Wildman–Crippen MR) is 227 cm³/mol. The van der Waals surface area contributed by atoms with Crippen LogP contribution in [0.4, 0.5) is 11.5 Å². The van der Waals surface area contributed by atoms with Crippen LogP contribution in [0.15, 0.2) is 81.8 Å². The van der Waals surface area contributed by atoms with Crippen LogP contribution in [0.1, 0.15) is 42.4 Å². The summed E-state index contributed by atoms with van der Waals surface area (Å²) in [5.41, 5.74) is 2.98. The molecule has 4 amide bonds. The van der Waals surface area contributed by atoms with Crippen molar-refractivity contribution in [2.75, 3.05) is 16.9 Å². The number of nitrogens with zero attached hydrogens (tertiary/aromatic N) is 4. The van der Waals surface area contributed by atoms with Gasteiger partial charge in [0.25, 0.3) is 0 Å². The molecule has 57 heavy (non-hydrogen) atoms. The number of hydrogen-bond donors (Lipinski definition) is 1. The maximum atomic E-state index is 15.3. The highest BCUT2D eigenvalue weighted by atomic mass is 79.9. The minimum atomic E-state index is -1.35. The van der Waals surface area contributed by atoms with Gasteiger partial charge in [-0.05, 0) is 123 Å². The normalized spacial score (nSPS) is 25.5. The Kier molecular flexibility index (Phi) is 9.00. The second-order valence-corrected chi connectivity index (χ2v) is 18.4. The Labute approximate surface area is 354 Å². The fourth-order valence-electron chi connectivity index (χ4n) is 9.78. The minimum Gasteiger partial charge on any atom is -0.503 e. The lowest BCUT2D eigenvalue weighted by Gasteiger charge is -2.49. The Morgan fingerprint density at radius 1 is 1.00 bits per heavy atom. The molecule has 2 aliphatic carbocycles. The number of carbonyl (C=O) groups excluding carboxylic acids is 4. The molecule has 2 aromatic heterocycles. The number of halogens is 3. The van der Waals surface area contributed by atoms with Gasteiger partial charge in [0.2, 0.25) is 23.6 Å². The van der Waals surface area contributed by atoms with E-state index in [0.29, 0.717) is 36.7 Å². The number of phenols is 1. The fourth-order valence-corrected chi connectivity index (χ4v) is 12.1. The SMILES string of the molecule is C=Cc1ccc(N2C(=O)C3CC=C4C(CC5C(=O)N(c6cc(-c7sc8ccc(Cl)cc8c7C)nn6C)C(=O)C5(C)C4c4cc(OC)c(O)c(Br)c4Br)C3C2=O)cc1. The van der Waals surface area contributed by atoms with E-state index in [-0.39, 0.29) is 36.2 Å². The number of aryl methyl sites for hydroxylation is 2. The maximum Gasteiger partial charge on any atom is 0.242 e. The molecule has 6 atom stereocenters. The van der Waals surface area contributed by atoms with Crippen molar-refractivity contribution >= 4 is 106 Å². The number of imide groups is 2. The summed E-state index contributed by atoms with van der Waals surface area (Å²) in [6.45, 7) is 7.63. The number of fused-ring (bicyclic) bond motifs is 5. The predicted octanol–water partition coefficient (Wildman–Crippen LogP) is 9.58. The van der Waals surface area contributed by atoms with Crippen LogP contribution in [0.5, 0.6) is 11.5 Å². The van der Waals surface area contributed by atoms with E-state index in [1.54, 1.807) is 53.4 Å². The molecule has 1 saturated carbocycles. The van der Waals surface area contributed by atoms with Crippen LogP contribution in [-0.4, -0.2) is 45.6 Å². The average Bonchev–Trinajstić information content (AvgIpc) is 3.87. The zero-order valence-electron chi connectivity index (χ0n) is 31.2. The number of amides is 4. The van der Waals surface area contributed by atoms with Crippen LogP contribution >= 0.6 is 54.8 Å². The topological polar surface area (TPSA) is 122 Å². The third-order valence-corrected chi connectivity index (χ3v) is 16.3. The second kappa shape index (κ2) is 13.5. The summed E-state index contributed by atoms with van der Waals surface area (Å²) in [5.74, 6) is -4.64. The van der Waals surface area contributed by atoms with E-state index in [9.17, 15) is 14.7 Å². The van der Waals surface area contributed by atoms with Gasteiger partial charge in [-0.3, -0.25) is 28.8 Å². The third-order valence-electron chi connectivity index (χ3n) is 12.6. The van der Waals surface area contributed by atoms with Crippen LogP contribution in [0.3, 0.4) is 0 Å². The molecule has 9 rings (SSSR count). The molecular formula is C43H35Br2ClN4O6S. The lowest BCUT2D eigenvalue weighted by molar-refractivity contribution is -0.131. The van der Waals surface area contributed by atoms with Crippen molar-refractivity contribution in [2.24, 2.45) is 36.1 Å². The summed E-state index contributed by atoms with van der Waals surface area (Å²) in [4.78, 5) is 62.4. The van der Waals surface area contributed by atoms with Gasteiger partial charge in [-0.25, -0.2) is 4.90 Å². The lowest BCUT2D eigenvalue weighted by Crippen LogP contribution is -2.49. The molecule has 6 unspecified atom stereocenters. The maximum absolute atomic E-state index is 15.3. The van der Waals surface area contributed by atoms with Crippen molar-refractivity contribution in [2.45, 2.75) is 32.6 Å². The minimum absolute atomic E-state index is 0.133. The number of ether oxygens (including phenoxy) is 1. The van der Waals surface area contributed by atoms with Gasteiger partial charge >= 0.3 is 0 Å². The molecule has 0 spiro atoms. The number of anilines is 2. The Balaban J connectivity index is 1.18. The molecule has 3 aromatic carbocycles. The highest BCUT2D eigenvalue weighted by molar-refractivity contribution is 9.13. The molecule has 5 aromatic rings. The number of methoxy groups -OCH3 is 1. The van der Waals surface area contributed by atoms with E-state index in [4.69, 9.17) is 21.4 Å². The first-order valence-corrected chi connectivity index (χ1v) is 21.2. The monoisotopic (exact) mass is 928 g/mol. The van der Waals surface area contributed by atoms with Crippen molar-refractivity contribution in [1.82, 2.24) is 9.78 Å². The molecule has 0 bridgehead atoms. The standard InChI is InChI=1S/C43H35Br2ClN4O6S/c1-6-20-7-10-22(11-8-20)49-39(52)24-13-12-23-26(33(24)41(49)54)16-28-40(53)50(42(55)43(28,3)34(23)27-17-30(56-5)37(51)36(45)35(27)44)32-18-29(47-48(32)4)38-19(2)25-15-21(46)9-14-31(25)57-38/h6-12,14-15,17-18,24,26,28,33-34,51H,1,13,16H2,2-5H3. The first kappa shape index (κ1) is 38.0. The molecule has 3 fully saturated rings. The number of rotatable bonds is 6. The Morgan fingerprint density at radius 3 is 2.44 bits per heavy atom. The van der Waals surface area contributed by atoms with Crippen LogP contribution in [0, 0.1) is 36.0 Å². The highest BCUT2D eigenvalue weighted by Crippen LogP contribution is 2.65. The van der Waals surface area contributed by atoms with Crippen LogP contribution in [-0.2, 0) is 26.2 Å². The number of benzene rings is 3. The first-order chi connectivity index (χ1) is 27.2. The second-order valence-electron chi connectivity index (χ2n) is 15.3. The van der Waals surface area contributed by atoms with Gasteiger partial charge in [-0.2, -0.15) is 5.10 Å². The zero-order valence-corrected chi connectivity index (χ0v) is 35.9. The summed E-state index contributed by atoms with van der Waals surface area (Å²) < 4.78 is 9.00. The number of allylic oxidation sites excluding steroid dienone is 2. The average molecular weight is 931 g/mol. The Hall–Kier alpha value is -4.56. The van der Waals surface area contributed by atoms with E-state index < -0.39 is 46.8 Å². The molecule has 14 heteroatoms. The summed E-state index contributed by atoms with van der Waals surface area (Å²) in [5, 5.41) is 17.4. The molecule has 2 saturated heterocycles. The van der Waals surface area contributed by atoms with Gasteiger partial charge in [-0.15, -0.1) is 11.3 Å². The Bertz CT molecular complexity index is 2670. The van der Waals surface area contributed by atoms with E-state index in [0.717, 1.165) is 31.7 Å². The Morgan fingerprint density at radius 2 is 1.74 bits per heavy atom. The van der Waals surface area contributed by atoms with Crippen molar-refractivity contribution in [3.63, 3.8) is 0 Å². The van der Waals surface area contributed by atoms with E-state index in [2.05, 4.69) is 38.4 Å². The number of hydrogen-bond acceptors (Lipinski definition) is 8. The highest BCUT2D eigenvalue weighted by Gasteiger charge is 2.68. The fraction of sp³-hybridized carbons (Fsp3) is 0.279. The molecule has 10 nitrogen and oxygen atoms in total. The van der Waals surface area contributed by atoms with Crippen molar-refractivity contribution in [3.8, 4) is 22.1 Å². The summed E-state index contributed by atoms with van der Waals surface area (Å²) in [6, 6.07) is 16.3. The molecule has 0 radical (unpaired) electrons. The van der Waals surface area contributed by atoms with Gasteiger partial charge in [0.05, 0.1) is 45.3 Å². The summed E-state index contributed by atoms with van der Waals surface area (Å²) in [6.07, 6.45) is 4.15. The summed E-state index contributed by atoms with van der Waals surface area (Å²) >= 11 is 15.1. The van der Waals surface area contributed by atoms with Gasteiger partial charge in [-0.1, -0.05) is 48.0 Å². The van der Waals surface area contributed by atoms with E-state index in [1.165, 1.54) is 16.9 Å². The van der Waals surface area contributed by atoms with Gasteiger partial charge in [0.1, 0.15) is 11.5 Å². The molecule has 4 heterocycles. The quantitative estimate of drug-likeness (QED) is 0.133. The largest absolute Gasteiger partial charge is 0.503 e. The van der Waals surface area contributed by atoms with E-state index in [1.807, 2.05) is 50.3 Å².